The lowest BCUT2D eigenvalue weighted by Crippen LogP contribution is -1.69. The van der Waals surface area contributed by atoms with Crippen LogP contribution in [0.15, 0.2) is 48.6 Å². The predicted molar refractivity (Wildman–Crippen MR) is 55.0 cm³/mol. The van der Waals surface area contributed by atoms with Crippen molar-refractivity contribution in [3.63, 3.8) is 0 Å². The molecule has 0 heteroatoms. The van der Waals surface area contributed by atoms with E-state index >= 15 is 0 Å². The average molecular weight is 160 g/mol. The molecule has 0 saturated heterocycles. The summed E-state index contributed by atoms with van der Waals surface area (Å²) >= 11 is 0. The molecule has 0 radical (unpaired) electrons. The number of hydrogen-bond donors (Lipinski definition) is 0. The molecule has 0 saturated carbocycles. The molecule has 0 aromatic rings. The molecule has 0 fully saturated rings. The minimum atomic E-state index is 1.06. The zero-order chi connectivity index (χ0) is 8.49. The summed E-state index contributed by atoms with van der Waals surface area (Å²) in [5.41, 5.74) is 0. The molecule has 0 aromatic carbocycles. The SMILES string of the molecule is C1=CCCCC=CC/C=C/C=C\1. The fraction of sp³-hybridized carbons (Fsp3) is 0.333. The van der Waals surface area contributed by atoms with Gasteiger partial charge in [0.15, 0.2) is 0 Å². The van der Waals surface area contributed by atoms with Crippen molar-refractivity contribution in [3.05, 3.63) is 48.6 Å². The average Bonchev–Trinajstić information content (AvgIpc) is 2.05. The Balaban J connectivity index is 2.42. The van der Waals surface area contributed by atoms with Gasteiger partial charge in [0, 0.05) is 0 Å². The summed E-state index contributed by atoms with van der Waals surface area (Å²) in [4.78, 5) is 0. The molecule has 0 amide bonds. The second-order valence-electron chi connectivity index (χ2n) is 2.88. The van der Waals surface area contributed by atoms with Crippen LogP contribution in [0, 0.1) is 0 Å². The maximum absolute atomic E-state index is 2.27. The summed E-state index contributed by atoms with van der Waals surface area (Å²) in [5, 5.41) is 0. The smallest absolute Gasteiger partial charge is 0.0166 e. The molecule has 1 aliphatic carbocycles. The summed E-state index contributed by atoms with van der Waals surface area (Å²) in [6, 6.07) is 0. The van der Waals surface area contributed by atoms with Crippen LogP contribution < -0.4 is 0 Å². The Morgan fingerprint density at radius 3 is 2.25 bits per heavy atom. The van der Waals surface area contributed by atoms with E-state index in [1.807, 2.05) is 0 Å². The first-order valence-electron chi connectivity index (χ1n) is 4.63. The summed E-state index contributed by atoms with van der Waals surface area (Å²) in [7, 11) is 0. The molecular formula is C12H16. The second-order valence-corrected chi connectivity index (χ2v) is 2.88. The summed E-state index contributed by atoms with van der Waals surface area (Å²) < 4.78 is 0. The zero-order valence-corrected chi connectivity index (χ0v) is 7.45. The zero-order valence-electron chi connectivity index (χ0n) is 7.45. The highest BCUT2D eigenvalue weighted by atomic mass is 13.9. The molecular weight excluding hydrogens is 144 g/mol. The number of rotatable bonds is 0. The van der Waals surface area contributed by atoms with E-state index in [1.165, 1.54) is 19.3 Å². The van der Waals surface area contributed by atoms with Crippen LogP contribution in [-0.2, 0) is 0 Å². The van der Waals surface area contributed by atoms with E-state index < -0.39 is 0 Å². The van der Waals surface area contributed by atoms with E-state index in [2.05, 4.69) is 48.6 Å². The highest BCUT2D eigenvalue weighted by Gasteiger charge is 1.80. The van der Waals surface area contributed by atoms with Crippen LogP contribution in [-0.4, -0.2) is 0 Å². The lowest BCUT2D eigenvalue weighted by molar-refractivity contribution is 0.866. The van der Waals surface area contributed by atoms with Crippen molar-refractivity contribution in [2.75, 3.05) is 0 Å². The molecule has 0 atom stereocenters. The maximum atomic E-state index is 2.27. The molecule has 0 bridgehead atoms. The molecule has 1 rings (SSSR count). The van der Waals surface area contributed by atoms with Gasteiger partial charge in [0.05, 0.1) is 0 Å². The number of hydrogen-bond acceptors (Lipinski definition) is 0. The van der Waals surface area contributed by atoms with E-state index in [0.717, 1.165) is 6.42 Å². The van der Waals surface area contributed by atoms with Crippen LogP contribution in [0.1, 0.15) is 25.7 Å². The van der Waals surface area contributed by atoms with Crippen LogP contribution in [0.3, 0.4) is 0 Å². The lowest BCUT2D eigenvalue weighted by Gasteiger charge is -1.90. The van der Waals surface area contributed by atoms with Crippen LogP contribution in [0.4, 0.5) is 0 Å². The molecule has 12 heavy (non-hydrogen) atoms. The molecule has 0 aromatic heterocycles. The first-order chi connectivity index (χ1) is 6.00. The van der Waals surface area contributed by atoms with Crippen molar-refractivity contribution in [1.82, 2.24) is 0 Å². The third-order valence-corrected chi connectivity index (χ3v) is 1.79. The minimum Gasteiger partial charge on any atom is -0.0882 e. The highest BCUT2D eigenvalue weighted by molar-refractivity contribution is 5.12. The third-order valence-electron chi connectivity index (χ3n) is 1.79. The van der Waals surface area contributed by atoms with Crippen molar-refractivity contribution in [3.8, 4) is 0 Å². The fourth-order valence-corrected chi connectivity index (χ4v) is 1.11. The summed E-state index contributed by atoms with van der Waals surface area (Å²) in [6.45, 7) is 0. The molecule has 0 unspecified atom stereocenters. The van der Waals surface area contributed by atoms with Gasteiger partial charge < -0.3 is 0 Å². The van der Waals surface area contributed by atoms with Gasteiger partial charge in [-0.15, -0.1) is 0 Å². The topological polar surface area (TPSA) is 0 Å². The first kappa shape index (κ1) is 9.05. The Bertz CT molecular complexity index is 204. The lowest BCUT2D eigenvalue weighted by atomic mass is 10.2. The predicted octanol–water partition coefficient (Wildman–Crippen LogP) is 3.79. The number of allylic oxidation sites excluding steroid dienone is 8. The Hall–Kier alpha value is -1.04. The third kappa shape index (κ3) is 4.73. The molecule has 0 aliphatic heterocycles. The van der Waals surface area contributed by atoms with Gasteiger partial charge in [-0.1, -0.05) is 48.6 Å². The standard InChI is InChI=1S/C12H16/c1-2-4-6-8-10-12-11-9-7-5-3-1/h1-6,9,11H,7-8,10,12H2/b2-1-,5-3+,6-4?,11-9?. The summed E-state index contributed by atoms with van der Waals surface area (Å²) in [6.07, 6.45) is 22.0. The van der Waals surface area contributed by atoms with Gasteiger partial charge in [-0.3, -0.25) is 0 Å². The van der Waals surface area contributed by atoms with Crippen molar-refractivity contribution >= 4 is 0 Å². The Labute approximate surface area is 75.0 Å². The highest BCUT2D eigenvalue weighted by Crippen LogP contribution is 2.00. The second kappa shape index (κ2) is 6.66. The molecule has 64 valence electrons. The van der Waals surface area contributed by atoms with Crippen LogP contribution in [0.25, 0.3) is 0 Å². The van der Waals surface area contributed by atoms with E-state index in [4.69, 9.17) is 0 Å². The van der Waals surface area contributed by atoms with Gasteiger partial charge in [-0.2, -0.15) is 0 Å². The van der Waals surface area contributed by atoms with Gasteiger partial charge in [0.1, 0.15) is 0 Å². The Morgan fingerprint density at radius 2 is 1.33 bits per heavy atom. The van der Waals surface area contributed by atoms with Crippen LogP contribution in [0.5, 0.6) is 0 Å². The first-order valence-corrected chi connectivity index (χ1v) is 4.63. The van der Waals surface area contributed by atoms with Gasteiger partial charge in [-0.25, -0.2) is 0 Å². The Kier molecular flexibility index (Phi) is 5.02. The van der Waals surface area contributed by atoms with Gasteiger partial charge in [0.25, 0.3) is 0 Å². The van der Waals surface area contributed by atoms with Crippen molar-refractivity contribution < 1.29 is 0 Å². The molecule has 0 heterocycles. The van der Waals surface area contributed by atoms with Crippen molar-refractivity contribution in [2.45, 2.75) is 25.7 Å². The molecule has 0 nitrogen and oxygen atoms in total. The normalized spacial score (nSPS) is 24.0. The van der Waals surface area contributed by atoms with Gasteiger partial charge in [-0.05, 0) is 25.7 Å². The van der Waals surface area contributed by atoms with Crippen LogP contribution in [0.2, 0.25) is 0 Å². The van der Waals surface area contributed by atoms with E-state index in [0.29, 0.717) is 0 Å². The van der Waals surface area contributed by atoms with E-state index in [1.54, 1.807) is 0 Å². The van der Waals surface area contributed by atoms with Gasteiger partial charge >= 0.3 is 0 Å². The minimum absolute atomic E-state index is 1.06. The fourth-order valence-electron chi connectivity index (χ4n) is 1.11. The monoisotopic (exact) mass is 160 g/mol. The van der Waals surface area contributed by atoms with Gasteiger partial charge in [0.2, 0.25) is 0 Å². The van der Waals surface area contributed by atoms with E-state index in [9.17, 15) is 0 Å². The maximum Gasteiger partial charge on any atom is -0.0166 e. The Morgan fingerprint density at radius 1 is 0.583 bits per heavy atom. The largest absolute Gasteiger partial charge is 0.0882 e. The van der Waals surface area contributed by atoms with Crippen LogP contribution >= 0.6 is 0 Å². The summed E-state index contributed by atoms with van der Waals surface area (Å²) in [5.74, 6) is 0. The molecule has 0 N–H and O–H groups in total. The molecule has 1 aliphatic rings. The van der Waals surface area contributed by atoms with Crippen molar-refractivity contribution in [2.24, 2.45) is 0 Å². The molecule has 0 spiro atoms. The van der Waals surface area contributed by atoms with E-state index in [-0.39, 0.29) is 0 Å². The van der Waals surface area contributed by atoms with Crippen molar-refractivity contribution in [1.29, 1.82) is 0 Å². The quantitative estimate of drug-likeness (QED) is 0.473.